The topological polar surface area (TPSA) is 91.8 Å². The average Bonchev–Trinajstić information content (AvgIpc) is 3.05. The van der Waals surface area contributed by atoms with Gasteiger partial charge in [0, 0.05) is 30.8 Å². The van der Waals surface area contributed by atoms with E-state index in [1.807, 2.05) is 6.07 Å². The lowest BCUT2D eigenvalue weighted by Crippen LogP contribution is -2.21. The monoisotopic (exact) mass is 301 g/mol. The van der Waals surface area contributed by atoms with Crippen molar-refractivity contribution < 1.29 is 4.74 Å². The van der Waals surface area contributed by atoms with E-state index in [2.05, 4.69) is 35.4 Å². The fraction of sp³-hybridized carbons (Fsp3) is 0.571. The average molecular weight is 301 g/mol. The van der Waals surface area contributed by atoms with Gasteiger partial charge in [-0.05, 0) is 25.7 Å². The first-order chi connectivity index (χ1) is 10.8. The number of H-pyrrole nitrogens is 1. The quantitative estimate of drug-likeness (QED) is 0.870. The fourth-order valence-corrected chi connectivity index (χ4v) is 2.67. The van der Waals surface area contributed by atoms with Crippen molar-refractivity contribution in [1.29, 1.82) is 0 Å². The van der Waals surface area contributed by atoms with Crippen LogP contribution in [0.1, 0.15) is 37.3 Å². The van der Waals surface area contributed by atoms with Crippen molar-refractivity contribution in [3.05, 3.63) is 11.8 Å². The number of anilines is 3. The lowest BCUT2D eigenvalue weighted by Gasteiger charge is -2.15. The minimum Gasteiger partial charge on any atom is -0.467 e. The van der Waals surface area contributed by atoms with Crippen molar-refractivity contribution in [2.75, 3.05) is 30.4 Å². The summed E-state index contributed by atoms with van der Waals surface area (Å²) < 4.78 is 5.19. The number of hydrogen-bond acceptors (Lipinski definition) is 7. The summed E-state index contributed by atoms with van der Waals surface area (Å²) in [7, 11) is 1.56. The zero-order valence-corrected chi connectivity index (χ0v) is 12.5. The van der Waals surface area contributed by atoms with Gasteiger partial charge < -0.3 is 15.0 Å². The molecule has 3 heterocycles. The molecule has 1 aliphatic heterocycles. The second kappa shape index (κ2) is 5.43. The van der Waals surface area contributed by atoms with Gasteiger partial charge in [0.2, 0.25) is 11.9 Å². The van der Waals surface area contributed by atoms with Crippen LogP contribution in [0.25, 0.3) is 0 Å². The molecule has 2 aromatic heterocycles. The van der Waals surface area contributed by atoms with Crippen LogP contribution in [0, 0.1) is 0 Å². The summed E-state index contributed by atoms with van der Waals surface area (Å²) in [5.41, 5.74) is 1.17. The van der Waals surface area contributed by atoms with Gasteiger partial charge in [0.1, 0.15) is 0 Å². The molecule has 0 amide bonds. The number of hydrogen-bond donors (Lipinski definition) is 2. The van der Waals surface area contributed by atoms with Crippen molar-refractivity contribution in [2.45, 2.75) is 31.6 Å². The maximum Gasteiger partial charge on any atom is 0.322 e. The molecule has 2 N–H and O–H groups in total. The second-order valence-electron chi connectivity index (χ2n) is 5.75. The number of aromatic nitrogens is 5. The Balaban J connectivity index is 1.57. The second-order valence-corrected chi connectivity index (χ2v) is 5.75. The minimum atomic E-state index is 0.317. The van der Waals surface area contributed by atoms with Crippen molar-refractivity contribution >= 4 is 17.7 Å². The van der Waals surface area contributed by atoms with Crippen molar-refractivity contribution in [3.63, 3.8) is 0 Å². The van der Waals surface area contributed by atoms with Gasteiger partial charge in [-0.1, -0.05) is 0 Å². The van der Waals surface area contributed by atoms with Crippen molar-refractivity contribution in [2.24, 2.45) is 0 Å². The molecule has 2 fully saturated rings. The van der Waals surface area contributed by atoms with Crippen LogP contribution in [0.2, 0.25) is 0 Å². The zero-order valence-electron chi connectivity index (χ0n) is 12.5. The van der Waals surface area contributed by atoms with E-state index in [0.29, 0.717) is 23.8 Å². The van der Waals surface area contributed by atoms with Gasteiger partial charge >= 0.3 is 6.01 Å². The maximum atomic E-state index is 5.19. The summed E-state index contributed by atoms with van der Waals surface area (Å²) in [6.07, 6.45) is 4.81. The standard InChI is InChI=1S/C14H19N7O/c1-22-14-17-12(16-13(18-14)21-6-2-3-7-21)15-11-8-10(19-20-11)9-4-5-9/h8-9H,2-7H2,1H3,(H2,15,16,17,18,19,20). The molecule has 1 aliphatic carbocycles. The molecule has 8 nitrogen and oxygen atoms in total. The Bertz CT molecular complexity index is 661. The first kappa shape index (κ1) is 13.3. The van der Waals surface area contributed by atoms with Crippen LogP contribution >= 0.6 is 0 Å². The lowest BCUT2D eigenvalue weighted by atomic mass is 10.3. The van der Waals surface area contributed by atoms with Gasteiger partial charge in [-0.2, -0.15) is 20.1 Å². The van der Waals surface area contributed by atoms with Crippen molar-refractivity contribution in [3.8, 4) is 6.01 Å². The molecular formula is C14H19N7O. The van der Waals surface area contributed by atoms with Gasteiger partial charge in [-0.25, -0.2) is 0 Å². The molecule has 0 bridgehead atoms. The smallest absolute Gasteiger partial charge is 0.322 e. The van der Waals surface area contributed by atoms with E-state index < -0.39 is 0 Å². The predicted octanol–water partition coefficient (Wildman–Crippen LogP) is 1.82. The van der Waals surface area contributed by atoms with Crippen molar-refractivity contribution in [1.82, 2.24) is 25.1 Å². The molecule has 1 saturated carbocycles. The first-order valence-corrected chi connectivity index (χ1v) is 7.69. The largest absolute Gasteiger partial charge is 0.467 e. The van der Waals surface area contributed by atoms with E-state index in [1.165, 1.54) is 31.4 Å². The minimum absolute atomic E-state index is 0.317. The molecule has 4 rings (SSSR count). The summed E-state index contributed by atoms with van der Waals surface area (Å²) in [4.78, 5) is 15.2. The third-order valence-corrected chi connectivity index (χ3v) is 4.03. The van der Waals surface area contributed by atoms with E-state index in [4.69, 9.17) is 4.74 Å². The third kappa shape index (κ3) is 2.68. The van der Waals surface area contributed by atoms with E-state index in [1.54, 1.807) is 7.11 Å². The highest BCUT2D eigenvalue weighted by atomic mass is 16.5. The number of nitrogens with zero attached hydrogens (tertiary/aromatic N) is 5. The Morgan fingerprint density at radius 1 is 1.23 bits per heavy atom. The molecule has 22 heavy (non-hydrogen) atoms. The number of rotatable bonds is 5. The highest BCUT2D eigenvalue weighted by Crippen LogP contribution is 2.39. The molecule has 2 aromatic rings. The highest BCUT2D eigenvalue weighted by molar-refractivity contribution is 5.51. The number of aromatic amines is 1. The molecule has 0 radical (unpaired) electrons. The first-order valence-electron chi connectivity index (χ1n) is 7.69. The van der Waals surface area contributed by atoms with Crippen LogP contribution in [0.5, 0.6) is 6.01 Å². The lowest BCUT2D eigenvalue weighted by molar-refractivity contribution is 0.379. The molecule has 0 unspecified atom stereocenters. The summed E-state index contributed by atoms with van der Waals surface area (Å²) in [5, 5.41) is 10.5. The van der Waals surface area contributed by atoms with E-state index >= 15 is 0 Å². The molecule has 0 spiro atoms. The van der Waals surface area contributed by atoms with Crippen LogP contribution in [-0.2, 0) is 0 Å². The van der Waals surface area contributed by atoms with Gasteiger partial charge in [0.05, 0.1) is 7.11 Å². The Morgan fingerprint density at radius 3 is 2.77 bits per heavy atom. The van der Waals surface area contributed by atoms with E-state index in [9.17, 15) is 0 Å². The SMILES string of the molecule is COc1nc(Nc2cc(C3CC3)[nH]n2)nc(N2CCCC2)n1. The van der Waals surface area contributed by atoms with Gasteiger partial charge in [-0.3, -0.25) is 5.10 Å². The highest BCUT2D eigenvalue weighted by Gasteiger charge is 2.25. The Labute approximate surface area is 128 Å². The molecule has 8 heteroatoms. The van der Waals surface area contributed by atoms with Gasteiger partial charge in [0.15, 0.2) is 5.82 Å². The molecule has 2 aliphatic rings. The molecule has 1 saturated heterocycles. The van der Waals surface area contributed by atoms with Crippen LogP contribution < -0.4 is 15.0 Å². The molecule has 0 aromatic carbocycles. The Hall–Kier alpha value is -2.38. The van der Waals surface area contributed by atoms with E-state index in [0.717, 1.165) is 18.9 Å². The summed E-state index contributed by atoms with van der Waals surface area (Å²) in [5.74, 6) is 2.48. The molecule has 0 atom stereocenters. The van der Waals surface area contributed by atoms with Gasteiger partial charge in [0.25, 0.3) is 0 Å². The molecular weight excluding hydrogens is 282 g/mol. The predicted molar refractivity (Wildman–Crippen MR) is 81.7 cm³/mol. The van der Waals surface area contributed by atoms with Gasteiger partial charge in [-0.15, -0.1) is 0 Å². The summed E-state index contributed by atoms with van der Waals surface area (Å²) in [6, 6.07) is 2.33. The Morgan fingerprint density at radius 2 is 2.05 bits per heavy atom. The third-order valence-electron chi connectivity index (χ3n) is 4.03. The fourth-order valence-electron chi connectivity index (χ4n) is 2.67. The van der Waals surface area contributed by atoms with Crippen LogP contribution in [0.15, 0.2) is 6.07 Å². The van der Waals surface area contributed by atoms with Crippen LogP contribution in [-0.4, -0.2) is 45.3 Å². The zero-order chi connectivity index (χ0) is 14.9. The van der Waals surface area contributed by atoms with Crippen LogP contribution in [0.3, 0.4) is 0 Å². The molecule has 116 valence electrons. The van der Waals surface area contributed by atoms with Crippen LogP contribution in [0.4, 0.5) is 17.7 Å². The summed E-state index contributed by atoms with van der Waals surface area (Å²) in [6.45, 7) is 1.95. The number of methoxy groups -OCH3 is 1. The maximum absolute atomic E-state index is 5.19. The Kier molecular flexibility index (Phi) is 3.28. The normalized spacial score (nSPS) is 17.8. The van der Waals surface area contributed by atoms with E-state index in [-0.39, 0.29) is 0 Å². The summed E-state index contributed by atoms with van der Waals surface area (Å²) >= 11 is 0. The number of nitrogens with one attached hydrogen (secondary N) is 2. The number of ether oxygens (including phenoxy) is 1.